The molecule has 1 unspecified atom stereocenters. The zero-order valence-corrected chi connectivity index (χ0v) is 10.3. The second kappa shape index (κ2) is 7.72. The first kappa shape index (κ1) is 13.6. The second-order valence-corrected chi connectivity index (χ2v) is 3.79. The van der Waals surface area contributed by atoms with E-state index >= 15 is 0 Å². The minimum absolute atomic E-state index is 0.0890. The Kier molecular flexibility index (Phi) is 6.16. The van der Waals surface area contributed by atoms with Crippen molar-refractivity contribution >= 4 is 0 Å². The number of nitrogens with one attached hydrogen (secondary N) is 1. The Bertz CT molecular complexity index is 371. The number of para-hydroxylation sites is 1. The van der Waals surface area contributed by atoms with Gasteiger partial charge in [-0.2, -0.15) is 0 Å². The van der Waals surface area contributed by atoms with Crippen molar-refractivity contribution in [3.63, 3.8) is 0 Å². The Morgan fingerprint density at radius 2 is 2.24 bits per heavy atom. The highest BCUT2D eigenvalue weighted by atomic mass is 16.5. The van der Waals surface area contributed by atoms with E-state index in [0.29, 0.717) is 6.61 Å². The summed E-state index contributed by atoms with van der Waals surface area (Å²) in [5, 5.41) is 0. The SMILES string of the molecule is C#CCCCC(NN)c1ccccc1OCC. The predicted molar refractivity (Wildman–Crippen MR) is 70.4 cm³/mol. The zero-order chi connectivity index (χ0) is 12.5. The molecule has 0 aliphatic rings. The summed E-state index contributed by atoms with van der Waals surface area (Å²) in [6.45, 7) is 2.62. The third-order valence-electron chi connectivity index (χ3n) is 2.61. The Hall–Kier alpha value is -1.50. The molecule has 0 aliphatic carbocycles. The molecule has 1 rings (SSSR count). The van der Waals surface area contributed by atoms with Crippen molar-refractivity contribution in [2.45, 2.75) is 32.2 Å². The van der Waals surface area contributed by atoms with Gasteiger partial charge in [0.05, 0.1) is 6.61 Å². The van der Waals surface area contributed by atoms with E-state index in [1.54, 1.807) is 0 Å². The van der Waals surface area contributed by atoms with Crippen LogP contribution in [0.15, 0.2) is 24.3 Å². The summed E-state index contributed by atoms with van der Waals surface area (Å²) in [5.41, 5.74) is 3.92. The molecule has 0 fully saturated rings. The van der Waals surface area contributed by atoms with Crippen molar-refractivity contribution in [1.82, 2.24) is 5.43 Å². The van der Waals surface area contributed by atoms with Gasteiger partial charge in [0.1, 0.15) is 5.75 Å². The lowest BCUT2D eigenvalue weighted by Crippen LogP contribution is -2.28. The first-order chi connectivity index (χ1) is 8.33. The highest BCUT2D eigenvalue weighted by Gasteiger charge is 2.13. The molecular weight excluding hydrogens is 212 g/mol. The van der Waals surface area contributed by atoms with E-state index in [0.717, 1.165) is 30.6 Å². The highest BCUT2D eigenvalue weighted by molar-refractivity contribution is 5.35. The molecule has 0 saturated heterocycles. The third-order valence-corrected chi connectivity index (χ3v) is 2.61. The van der Waals surface area contributed by atoms with E-state index in [2.05, 4.69) is 11.3 Å². The summed E-state index contributed by atoms with van der Waals surface area (Å²) in [6, 6.07) is 8.04. The Morgan fingerprint density at radius 3 is 2.88 bits per heavy atom. The number of ether oxygens (including phenoxy) is 1. The molecule has 1 aromatic rings. The molecule has 0 heterocycles. The van der Waals surface area contributed by atoms with Crippen molar-refractivity contribution in [1.29, 1.82) is 0 Å². The minimum atomic E-state index is 0.0890. The van der Waals surface area contributed by atoms with E-state index in [1.807, 2.05) is 31.2 Å². The number of unbranched alkanes of at least 4 members (excludes halogenated alkanes) is 1. The van der Waals surface area contributed by atoms with Crippen LogP contribution in [0.4, 0.5) is 0 Å². The van der Waals surface area contributed by atoms with Crippen LogP contribution in [0.3, 0.4) is 0 Å². The Labute approximate surface area is 103 Å². The molecule has 92 valence electrons. The van der Waals surface area contributed by atoms with Gasteiger partial charge >= 0.3 is 0 Å². The molecule has 3 nitrogen and oxygen atoms in total. The molecule has 0 saturated carbocycles. The average Bonchev–Trinajstić information content (AvgIpc) is 2.36. The first-order valence-corrected chi connectivity index (χ1v) is 5.94. The van der Waals surface area contributed by atoms with Gasteiger partial charge in [-0.25, -0.2) is 0 Å². The summed E-state index contributed by atoms with van der Waals surface area (Å²) in [6.07, 6.45) is 7.88. The lowest BCUT2D eigenvalue weighted by molar-refractivity contribution is 0.329. The monoisotopic (exact) mass is 232 g/mol. The maximum atomic E-state index is 5.59. The maximum Gasteiger partial charge on any atom is 0.124 e. The van der Waals surface area contributed by atoms with Crippen LogP contribution in [0.1, 0.15) is 37.8 Å². The molecule has 1 atom stereocenters. The Balaban J connectivity index is 2.76. The maximum absolute atomic E-state index is 5.59. The molecule has 0 amide bonds. The topological polar surface area (TPSA) is 47.3 Å². The molecule has 17 heavy (non-hydrogen) atoms. The molecular formula is C14H20N2O. The molecule has 3 N–H and O–H groups in total. The van der Waals surface area contributed by atoms with Gasteiger partial charge in [0.25, 0.3) is 0 Å². The number of rotatable bonds is 7. The molecule has 1 aromatic carbocycles. The fourth-order valence-electron chi connectivity index (χ4n) is 1.79. The molecule has 3 heteroatoms. The highest BCUT2D eigenvalue weighted by Crippen LogP contribution is 2.27. The molecule has 0 radical (unpaired) electrons. The smallest absolute Gasteiger partial charge is 0.124 e. The van der Waals surface area contributed by atoms with Crippen LogP contribution in [-0.4, -0.2) is 6.61 Å². The molecule has 0 aliphatic heterocycles. The lowest BCUT2D eigenvalue weighted by Gasteiger charge is -2.19. The Morgan fingerprint density at radius 1 is 1.47 bits per heavy atom. The number of nitrogens with two attached hydrogens (primary N) is 1. The van der Waals surface area contributed by atoms with Crippen molar-refractivity contribution in [3.8, 4) is 18.1 Å². The van der Waals surface area contributed by atoms with E-state index in [1.165, 1.54) is 0 Å². The van der Waals surface area contributed by atoms with Crippen LogP contribution in [-0.2, 0) is 0 Å². The number of hydrazine groups is 1. The lowest BCUT2D eigenvalue weighted by atomic mass is 10.0. The summed E-state index contributed by atoms with van der Waals surface area (Å²) >= 11 is 0. The van der Waals surface area contributed by atoms with E-state index in [-0.39, 0.29) is 6.04 Å². The van der Waals surface area contributed by atoms with E-state index in [4.69, 9.17) is 17.0 Å². The van der Waals surface area contributed by atoms with Gasteiger partial charge in [-0.05, 0) is 25.8 Å². The normalized spacial score (nSPS) is 11.8. The van der Waals surface area contributed by atoms with Crippen LogP contribution in [0.2, 0.25) is 0 Å². The summed E-state index contributed by atoms with van der Waals surface area (Å²) in [4.78, 5) is 0. The second-order valence-electron chi connectivity index (χ2n) is 3.79. The van der Waals surface area contributed by atoms with E-state index in [9.17, 15) is 0 Å². The van der Waals surface area contributed by atoms with Crippen LogP contribution >= 0.6 is 0 Å². The van der Waals surface area contributed by atoms with Crippen LogP contribution in [0.25, 0.3) is 0 Å². The first-order valence-electron chi connectivity index (χ1n) is 5.94. The number of hydrogen-bond donors (Lipinski definition) is 2. The molecule has 0 bridgehead atoms. The fourth-order valence-corrected chi connectivity index (χ4v) is 1.79. The third kappa shape index (κ3) is 4.10. The quantitative estimate of drug-likeness (QED) is 0.328. The van der Waals surface area contributed by atoms with Gasteiger partial charge < -0.3 is 4.74 Å². The largest absolute Gasteiger partial charge is 0.494 e. The molecule has 0 spiro atoms. The van der Waals surface area contributed by atoms with Crippen molar-refractivity contribution in [3.05, 3.63) is 29.8 Å². The average molecular weight is 232 g/mol. The van der Waals surface area contributed by atoms with Gasteiger partial charge in [-0.3, -0.25) is 11.3 Å². The van der Waals surface area contributed by atoms with Gasteiger partial charge in [0.15, 0.2) is 0 Å². The van der Waals surface area contributed by atoms with Crippen LogP contribution in [0.5, 0.6) is 5.75 Å². The van der Waals surface area contributed by atoms with Gasteiger partial charge in [0.2, 0.25) is 0 Å². The van der Waals surface area contributed by atoms with Gasteiger partial charge in [0, 0.05) is 18.0 Å². The van der Waals surface area contributed by atoms with Crippen molar-refractivity contribution in [2.75, 3.05) is 6.61 Å². The number of hydrogen-bond acceptors (Lipinski definition) is 3. The summed E-state index contributed by atoms with van der Waals surface area (Å²) in [5.74, 6) is 9.12. The number of benzene rings is 1. The van der Waals surface area contributed by atoms with Crippen molar-refractivity contribution < 1.29 is 4.74 Å². The van der Waals surface area contributed by atoms with Crippen molar-refractivity contribution in [2.24, 2.45) is 5.84 Å². The van der Waals surface area contributed by atoms with Gasteiger partial charge in [-0.1, -0.05) is 18.2 Å². The van der Waals surface area contributed by atoms with Crippen LogP contribution < -0.4 is 16.0 Å². The number of terminal acetylenes is 1. The molecule has 0 aromatic heterocycles. The summed E-state index contributed by atoms with van der Waals surface area (Å²) < 4.78 is 5.59. The summed E-state index contributed by atoms with van der Waals surface area (Å²) in [7, 11) is 0. The van der Waals surface area contributed by atoms with E-state index < -0.39 is 0 Å². The standard InChI is InChI=1S/C14H20N2O/c1-3-5-6-10-13(16-15)12-9-7-8-11-14(12)17-4-2/h1,7-9,11,13,16H,4-6,10,15H2,2H3. The minimum Gasteiger partial charge on any atom is -0.494 e. The predicted octanol–water partition coefficient (Wildman–Crippen LogP) is 2.39. The zero-order valence-electron chi connectivity index (χ0n) is 10.3. The van der Waals surface area contributed by atoms with Crippen LogP contribution in [0, 0.1) is 12.3 Å². The van der Waals surface area contributed by atoms with Gasteiger partial charge in [-0.15, -0.1) is 12.3 Å². The fraction of sp³-hybridized carbons (Fsp3) is 0.429.